The van der Waals surface area contributed by atoms with Gasteiger partial charge in [-0.25, -0.2) is 9.78 Å². The van der Waals surface area contributed by atoms with Gasteiger partial charge in [-0.05, 0) is 73.9 Å². The zero-order chi connectivity index (χ0) is 23.9. The largest absolute Gasteiger partial charge is 0.357 e. The van der Waals surface area contributed by atoms with E-state index in [2.05, 4.69) is 27.4 Å². The van der Waals surface area contributed by atoms with Crippen LogP contribution in [0.1, 0.15) is 66.9 Å². The predicted molar refractivity (Wildman–Crippen MR) is 136 cm³/mol. The standard InChI is InChI=1S/C27H37N5O2/c1-20-11-15-32(16-12-20)26(33)23-8-9-24(21(2)17-23)30-27(34)29-19-22-7-10-25(28-18-22)31-13-5-3-4-6-14-31/h7-10,17-18,20H,3-6,11-16,19H2,1-2H3,(H2,29,30,34). The van der Waals surface area contributed by atoms with Crippen LogP contribution in [0.3, 0.4) is 0 Å². The number of amides is 3. The summed E-state index contributed by atoms with van der Waals surface area (Å²) in [6, 6.07) is 9.27. The minimum absolute atomic E-state index is 0.0714. The van der Waals surface area contributed by atoms with Gasteiger partial charge >= 0.3 is 6.03 Å². The monoisotopic (exact) mass is 463 g/mol. The van der Waals surface area contributed by atoms with Crippen LogP contribution in [0.5, 0.6) is 0 Å². The number of hydrogen-bond acceptors (Lipinski definition) is 4. The van der Waals surface area contributed by atoms with E-state index >= 15 is 0 Å². The molecule has 0 saturated carbocycles. The molecule has 1 aromatic carbocycles. The second kappa shape index (κ2) is 11.4. The Morgan fingerprint density at radius 1 is 1.00 bits per heavy atom. The molecule has 7 heteroatoms. The van der Waals surface area contributed by atoms with Crippen LogP contribution >= 0.6 is 0 Å². The molecule has 2 aliphatic rings. The molecule has 0 atom stereocenters. The number of benzene rings is 1. The smallest absolute Gasteiger partial charge is 0.319 e. The minimum atomic E-state index is -0.274. The van der Waals surface area contributed by atoms with Crippen molar-refractivity contribution >= 4 is 23.4 Å². The Hall–Kier alpha value is -3.09. The van der Waals surface area contributed by atoms with Crippen molar-refractivity contribution in [2.24, 2.45) is 5.92 Å². The second-order valence-corrected chi connectivity index (χ2v) is 9.74. The molecule has 3 heterocycles. The normalized spacial score (nSPS) is 17.2. The number of rotatable bonds is 5. The number of nitrogens with one attached hydrogen (secondary N) is 2. The van der Waals surface area contributed by atoms with E-state index in [9.17, 15) is 9.59 Å². The van der Waals surface area contributed by atoms with Crippen LogP contribution < -0.4 is 15.5 Å². The average Bonchev–Trinajstić information content (AvgIpc) is 3.14. The molecule has 1 aromatic heterocycles. The van der Waals surface area contributed by atoms with E-state index in [4.69, 9.17) is 0 Å². The van der Waals surface area contributed by atoms with Crippen molar-refractivity contribution in [3.05, 3.63) is 53.2 Å². The number of aromatic nitrogens is 1. The molecule has 34 heavy (non-hydrogen) atoms. The van der Waals surface area contributed by atoms with Crippen LogP contribution in [-0.2, 0) is 6.54 Å². The minimum Gasteiger partial charge on any atom is -0.357 e. The van der Waals surface area contributed by atoms with Gasteiger partial charge in [0.2, 0.25) is 0 Å². The number of aryl methyl sites for hydroxylation is 1. The maximum absolute atomic E-state index is 12.8. The molecule has 0 spiro atoms. The number of likely N-dealkylation sites (tertiary alicyclic amines) is 1. The van der Waals surface area contributed by atoms with E-state index in [0.717, 1.165) is 56.0 Å². The number of urea groups is 1. The lowest BCUT2D eigenvalue weighted by Gasteiger charge is -2.30. The molecule has 0 unspecified atom stereocenters. The molecule has 182 valence electrons. The lowest BCUT2D eigenvalue weighted by Crippen LogP contribution is -2.37. The molecule has 0 bridgehead atoms. The maximum Gasteiger partial charge on any atom is 0.319 e. The van der Waals surface area contributed by atoms with Crippen molar-refractivity contribution in [1.82, 2.24) is 15.2 Å². The van der Waals surface area contributed by atoms with Crippen molar-refractivity contribution < 1.29 is 9.59 Å². The van der Waals surface area contributed by atoms with E-state index in [-0.39, 0.29) is 11.9 Å². The molecular formula is C27H37N5O2. The molecule has 2 aliphatic heterocycles. The molecule has 2 saturated heterocycles. The van der Waals surface area contributed by atoms with Crippen molar-refractivity contribution in [2.75, 3.05) is 36.4 Å². The highest BCUT2D eigenvalue weighted by molar-refractivity contribution is 5.96. The van der Waals surface area contributed by atoms with E-state index in [1.54, 1.807) is 6.07 Å². The van der Waals surface area contributed by atoms with Gasteiger partial charge in [0, 0.05) is 50.2 Å². The number of nitrogens with zero attached hydrogens (tertiary/aromatic N) is 3. The first-order valence-electron chi connectivity index (χ1n) is 12.6. The summed E-state index contributed by atoms with van der Waals surface area (Å²) in [4.78, 5) is 34.2. The van der Waals surface area contributed by atoms with Gasteiger partial charge in [0.05, 0.1) is 0 Å². The maximum atomic E-state index is 12.8. The number of carbonyl (C=O) groups is 2. The highest BCUT2D eigenvalue weighted by Gasteiger charge is 2.22. The fourth-order valence-corrected chi connectivity index (χ4v) is 4.69. The zero-order valence-corrected chi connectivity index (χ0v) is 20.5. The third-order valence-corrected chi connectivity index (χ3v) is 6.98. The van der Waals surface area contributed by atoms with E-state index in [0.29, 0.717) is 23.7 Å². The summed E-state index contributed by atoms with van der Waals surface area (Å²) in [5.41, 5.74) is 3.21. The van der Waals surface area contributed by atoms with Gasteiger partial charge in [-0.1, -0.05) is 25.8 Å². The lowest BCUT2D eigenvalue weighted by atomic mass is 9.98. The topological polar surface area (TPSA) is 77.6 Å². The van der Waals surface area contributed by atoms with Gasteiger partial charge in [-0.3, -0.25) is 4.79 Å². The van der Waals surface area contributed by atoms with Crippen LogP contribution in [0.2, 0.25) is 0 Å². The molecule has 2 aromatic rings. The number of carbonyl (C=O) groups excluding carboxylic acids is 2. The number of pyridine rings is 1. The first kappa shape index (κ1) is 24.0. The Labute approximate surface area is 202 Å². The quantitative estimate of drug-likeness (QED) is 0.657. The van der Waals surface area contributed by atoms with Gasteiger partial charge < -0.3 is 20.4 Å². The van der Waals surface area contributed by atoms with Crippen LogP contribution in [0.25, 0.3) is 0 Å². The Balaban J connectivity index is 1.27. The van der Waals surface area contributed by atoms with Crippen LogP contribution in [0.4, 0.5) is 16.3 Å². The Bertz CT molecular complexity index is 975. The zero-order valence-electron chi connectivity index (χ0n) is 20.5. The summed E-state index contributed by atoms with van der Waals surface area (Å²) in [6.45, 7) is 8.31. The molecule has 2 fully saturated rings. The van der Waals surface area contributed by atoms with Gasteiger partial charge in [0.1, 0.15) is 5.82 Å². The number of anilines is 2. The molecule has 4 rings (SSSR count). The summed E-state index contributed by atoms with van der Waals surface area (Å²) >= 11 is 0. The molecular weight excluding hydrogens is 426 g/mol. The summed E-state index contributed by atoms with van der Waals surface area (Å²) in [5, 5.41) is 5.80. The van der Waals surface area contributed by atoms with Crippen LogP contribution in [0, 0.1) is 12.8 Å². The van der Waals surface area contributed by atoms with Crippen molar-refractivity contribution in [3.8, 4) is 0 Å². The van der Waals surface area contributed by atoms with E-state index in [1.165, 1.54) is 25.7 Å². The highest BCUT2D eigenvalue weighted by atomic mass is 16.2. The summed E-state index contributed by atoms with van der Waals surface area (Å²) in [6.07, 6.45) is 8.98. The summed E-state index contributed by atoms with van der Waals surface area (Å²) < 4.78 is 0. The van der Waals surface area contributed by atoms with Crippen molar-refractivity contribution in [1.29, 1.82) is 0 Å². The average molecular weight is 464 g/mol. The number of piperidine rings is 1. The fourth-order valence-electron chi connectivity index (χ4n) is 4.69. The highest BCUT2D eigenvalue weighted by Crippen LogP contribution is 2.22. The van der Waals surface area contributed by atoms with Gasteiger partial charge in [0.25, 0.3) is 5.91 Å². The SMILES string of the molecule is Cc1cc(C(=O)N2CCC(C)CC2)ccc1NC(=O)NCc1ccc(N2CCCCCC2)nc1. The van der Waals surface area contributed by atoms with Crippen molar-refractivity contribution in [2.45, 2.75) is 58.9 Å². The number of hydrogen-bond donors (Lipinski definition) is 2. The Morgan fingerprint density at radius 3 is 2.38 bits per heavy atom. The third-order valence-electron chi connectivity index (χ3n) is 6.98. The van der Waals surface area contributed by atoms with Gasteiger partial charge in [-0.15, -0.1) is 0 Å². The lowest BCUT2D eigenvalue weighted by molar-refractivity contribution is 0.0697. The molecule has 0 aliphatic carbocycles. The molecule has 7 nitrogen and oxygen atoms in total. The van der Waals surface area contributed by atoms with Gasteiger partial charge in [-0.2, -0.15) is 0 Å². The first-order valence-corrected chi connectivity index (χ1v) is 12.6. The molecule has 2 N–H and O–H groups in total. The summed E-state index contributed by atoms with van der Waals surface area (Å²) in [7, 11) is 0. The fraction of sp³-hybridized carbons (Fsp3) is 0.519. The third kappa shape index (κ3) is 6.27. The van der Waals surface area contributed by atoms with E-state index in [1.807, 2.05) is 42.3 Å². The Morgan fingerprint density at radius 2 is 1.74 bits per heavy atom. The van der Waals surface area contributed by atoms with Crippen LogP contribution in [-0.4, -0.2) is 48.0 Å². The first-order chi connectivity index (χ1) is 16.5. The predicted octanol–water partition coefficient (Wildman–Crippen LogP) is 4.96. The second-order valence-electron chi connectivity index (χ2n) is 9.74. The van der Waals surface area contributed by atoms with Gasteiger partial charge in [0.15, 0.2) is 0 Å². The molecule has 3 amide bonds. The van der Waals surface area contributed by atoms with E-state index < -0.39 is 0 Å². The summed E-state index contributed by atoms with van der Waals surface area (Å²) in [5.74, 6) is 1.77. The molecule has 0 radical (unpaired) electrons. The Kier molecular flexibility index (Phi) is 8.03. The van der Waals surface area contributed by atoms with Crippen LogP contribution in [0.15, 0.2) is 36.5 Å². The van der Waals surface area contributed by atoms with Crippen molar-refractivity contribution in [3.63, 3.8) is 0 Å².